The molecule has 0 aliphatic heterocycles. The number of nitrogens with two attached hydrogens (primary N) is 1. The fourth-order valence-corrected chi connectivity index (χ4v) is 2.10. The SMILES string of the molecule is CCN(C(=O)[C@@H](N)Cc1ccccc1)C(C)(C)C(=O)O. The summed E-state index contributed by atoms with van der Waals surface area (Å²) in [5.74, 6) is -1.39. The second-order valence-electron chi connectivity index (χ2n) is 5.24. The normalized spacial score (nSPS) is 12.8. The van der Waals surface area contributed by atoms with Crippen LogP contribution in [0.4, 0.5) is 0 Å². The third-order valence-electron chi connectivity index (χ3n) is 3.40. The Kier molecular flexibility index (Phi) is 5.27. The van der Waals surface area contributed by atoms with Gasteiger partial charge in [-0.2, -0.15) is 0 Å². The second kappa shape index (κ2) is 6.52. The fourth-order valence-electron chi connectivity index (χ4n) is 2.10. The molecule has 1 atom stereocenters. The first kappa shape index (κ1) is 16.2. The van der Waals surface area contributed by atoms with Crippen LogP contribution in [0.3, 0.4) is 0 Å². The maximum absolute atomic E-state index is 12.4. The third-order valence-corrected chi connectivity index (χ3v) is 3.40. The van der Waals surface area contributed by atoms with E-state index in [1.807, 2.05) is 30.3 Å². The summed E-state index contributed by atoms with van der Waals surface area (Å²) in [5.41, 5.74) is 5.63. The van der Waals surface area contributed by atoms with E-state index in [4.69, 9.17) is 5.73 Å². The van der Waals surface area contributed by atoms with E-state index in [1.165, 1.54) is 18.7 Å². The predicted molar refractivity (Wildman–Crippen MR) is 77.2 cm³/mol. The molecule has 3 N–H and O–H groups in total. The Morgan fingerprint density at radius 2 is 1.85 bits per heavy atom. The van der Waals surface area contributed by atoms with Crippen LogP contribution in [-0.2, 0) is 16.0 Å². The highest BCUT2D eigenvalue weighted by molar-refractivity contribution is 5.89. The number of likely N-dealkylation sites (N-methyl/N-ethyl adjacent to an activating group) is 1. The molecular weight excluding hydrogens is 256 g/mol. The largest absolute Gasteiger partial charge is 0.480 e. The minimum absolute atomic E-state index is 0.306. The number of benzene rings is 1. The van der Waals surface area contributed by atoms with E-state index < -0.39 is 17.6 Å². The number of carboxylic acid groups (broad SMARTS) is 1. The van der Waals surface area contributed by atoms with Gasteiger partial charge in [-0.1, -0.05) is 30.3 Å². The Hall–Kier alpha value is -1.88. The monoisotopic (exact) mass is 278 g/mol. The lowest BCUT2D eigenvalue weighted by atomic mass is 9.99. The summed E-state index contributed by atoms with van der Waals surface area (Å²) in [7, 11) is 0. The number of carbonyl (C=O) groups excluding carboxylic acids is 1. The average Bonchev–Trinajstić information content (AvgIpc) is 2.40. The van der Waals surface area contributed by atoms with Crippen molar-refractivity contribution in [1.29, 1.82) is 0 Å². The zero-order valence-corrected chi connectivity index (χ0v) is 12.2. The average molecular weight is 278 g/mol. The predicted octanol–water partition coefficient (Wildman–Crippen LogP) is 1.27. The van der Waals surface area contributed by atoms with Crippen molar-refractivity contribution >= 4 is 11.9 Å². The van der Waals surface area contributed by atoms with Crippen molar-refractivity contribution in [3.8, 4) is 0 Å². The summed E-state index contributed by atoms with van der Waals surface area (Å²) in [6.45, 7) is 5.07. The minimum Gasteiger partial charge on any atom is -0.480 e. The van der Waals surface area contributed by atoms with E-state index in [9.17, 15) is 14.7 Å². The summed E-state index contributed by atoms with van der Waals surface area (Å²) in [6, 6.07) is 8.70. The first-order valence-electron chi connectivity index (χ1n) is 6.65. The molecular formula is C15H22N2O3. The number of hydrogen-bond donors (Lipinski definition) is 2. The van der Waals surface area contributed by atoms with Crippen LogP contribution in [-0.4, -0.2) is 40.0 Å². The Balaban J connectivity index is 2.84. The van der Waals surface area contributed by atoms with Gasteiger partial charge in [0.1, 0.15) is 5.54 Å². The smallest absolute Gasteiger partial charge is 0.329 e. The van der Waals surface area contributed by atoms with Gasteiger partial charge in [-0.3, -0.25) is 4.79 Å². The Morgan fingerprint density at radius 3 is 2.30 bits per heavy atom. The van der Waals surface area contributed by atoms with Gasteiger partial charge in [0.05, 0.1) is 6.04 Å². The number of amides is 1. The summed E-state index contributed by atoms with van der Waals surface area (Å²) >= 11 is 0. The maximum Gasteiger partial charge on any atom is 0.329 e. The Morgan fingerprint density at radius 1 is 1.30 bits per heavy atom. The molecule has 0 saturated heterocycles. The van der Waals surface area contributed by atoms with Crippen LogP contribution in [0.25, 0.3) is 0 Å². The standard InChI is InChI=1S/C15H22N2O3/c1-4-17(15(2,3)14(19)20)13(18)12(16)10-11-8-6-5-7-9-11/h5-9,12H,4,10,16H2,1-3H3,(H,19,20)/t12-/m0/s1. The maximum atomic E-state index is 12.4. The van der Waals surface area contributed by atoms with E-state index in [0.717, 1.165) is 5.56 Å². The molecule has 110 valence electrons. The molecule has 0 fully saturated rings. The molecule has 0 unspecified atom stereocenters. The molecule has 0 bridgehead atoms. The molecule has 20 heavy (non-hydrogen) atoms. The van der Waals surface area contributed by atoms with Gasteiger partial charge < -0.3 is 15.7 Å². The lowest BCUT2D eigenvalue weighted by Crippen LogP contribution is -2.57. The van der Waals surface area contributed by atoms with E-state index in [-0.39, 0.29) is 5.91 Å². The van der Waals surface area contributed by atoms with E-state index in [2.05, 4.69) is 0 Å². The van der Waals surface area contributed by atoms with Gasteiger partial charge in [-0.15, -0.1) is 0 Å². The van der Waals surface area contributed by atoms with Gasteiger partial charge >= 0.3 is 5.97 Å². The highest BCUT2D eigenvalue weighted by Gasteiger charge is 2.38. The molecule has 0 radical (unpaired) electrons. The molecule has 0 aliphatic rings. The fraction of sp³-hybridized carbons (Fsp3) is 0.467. The molecule has 1 aromatic carbocycles. The molecule has 0 spiro atoms. The zero-order chi connectivity index (χ0) is 15.3. The van der Waals surface area contributed by atoms with Gasteiger partial charge in [0.2, 0.25) is 5.91 Å². The quantitative estimate of drug-likeness (QED) is 0.820. The molecule has 0 heterocycles. The van der Waals surface area contributed by atoms with Gasteiger partial charge in [-0.05, 0) is 32.8 Å². The molecule has 1 amide bonds. The van der Waals surface area contributed by atoms with Crippen LogP contribution < -0.4 is 5.73 Å². The highest BCUT2D eigenvalue weighted by atomic mass is 16.4. The second-order valence-corrected chi connectivity index (χ2v) is 5.24. The van der Waals surface area contributed by atoms with Crippen LogP contribution in [0.5, 0.6) is 0 Å². The number of carbonyl (C=O) groups is 2. The molecule has 5 heteroatoms. The van der Waals surface area contributed by atoms with Crippen LogP contribution in [0, 0.1) is 0 Å². The Labute approximate surface area is 119 Å². The van der Waals surface area contributed by atoms with Crippen molar-refractivity contribution in [3.05, 3.63) is 35.9 Å². The van der Waals surface area contributed by atoms with Crippen molar-refractivity contribution in [2.45, 2.75) is 38.8 Å². The van der Waals surface area contributed by atoms with Crippen LogP contribution in [0.2, 0.25) is 0 Å². The lowest BCUT2D eigenvalue weighted by molar-refractivity contribution is -0.157. The molecule has 1 aromatic rings. The topological polar surface area (TPSA) is 83.6 Å². The Bertz CT molecular complexity index is 471. The molecule has 1 rings (SSSR count). The minimum atomic E-state index is -1.26. The third kappa shape index (κ3) is 3.57. The van der Waals surface area contributed by atoms with Crippen molar-refractivity contribution < 1.29 is 14.7 Å². The lowest BCUT2D eigenvalue weighted by Gasteiger charge is -2.35. The van der Waals surface area contributed by atoms with E-state index in [1.54, 1.807) is 6.92 Å². The van der Waals surface area contributed by atoms with Gasteiger partial charge in [0.15, 0.2) is 0 Å². The van der Waals surface area contributed by atoms with E-state index >= 15 is 0 Å². The van der Waals surface area contributed by atoms with Crippen LogP contribution >= 0.6 is 0 Å². The van der Waals surface area contributed by atoms with Crippen LogP contribution in [0.1, 0.15) is 26.3 Å². The molecule has 0 aromatic heterocycles. The summed E-state index contributed by atoms with van der Waals surface area (Å²) in [4.78, 5) is 24.9. The number of carboxylic acids is 1. The van der Waals surface area contributed by atoms with Crippen molar-refractivity contribution in [3.63, 3.8) is 0 Å². The van der Waals surface area contributed by atoms with Gasteiger partial charge in [0.25, 0.3) is 0 Å². The number of nitrogens with zero attached hydrogens (tertiary/aromatic N) is 1. The summed E-state index contributed by atoms with van der Waals surface area (Å²) in [5, 5.41) is 9.23. The summed E-state index contributed by atoms with van der Waals surface area (Å²) < 4.78 is 0. The molecule has 0 saturated carbocycles. The van der Waals surface area contributed by atoms with E-state index in [0.29, 0.717) is 13.0 Å². The van der Waals surface area contributed by atoms with Crippen molar-refractivity contribution in [2.75, 3.05) is 6.54 Å². The number of hydrogen-bond acceptors (Lipinski definition) is 3. The van der Waals surface area contributed by atoms with Gasteiger partial charge in [-0.25, -0.2) is 4.79 Å². The van der Waals surface area contributed by atoms with Gasteiger partial charge in [0, 0.05) is 6.54 Å². The van der Waals surface area contributed by atoms with Crippen molar-refractivity contribution in [1.82, 2.24) is 4.90 Å². The highest BCUT2D eigenvalue weighted by Crippen LogP contribution is 2.16. The summed E-state index contributed by atoms with van der Waals surface area (Å²) in [6.07, 6.45) is 0.395. The zero-order valence-electron chi connectivity index (χ0n) is 12.2. The number of aliphatic carboxylic acids is 1. The van der Waals surface area contributed by atoms with Crippen molar-refractivity contribution in [2.24, 2.45) is 5.73 Å². The molecule has 5 nitrogen and oxygen atoms in total. The first-order valence-corrected chi connectivity index (χ1v) is 6.65. The number of rotatable bonds is 6. The molecule has 0 aliphatic carbocycles. The van der Waals surface area contributed by atoms with Crippen LogP contribution in [0.15, 0.2) is 30.3 Å². The first-order chi connectivity index (χ1) is 9.30.